The van der Waals surface area contributed by atoms with Gasteiger partial charge in [-0.1, -0.05) is 6.42 Å². The van der Waals surface area contributed by atoms with Crippen molar-refractivity contribution in [2.75, 3.05) is 19.7 Å². The molecule has 80 valence electrons. The maximum atomic E-state index is 11.4. The fourth-order valence-corrected chi connectivity index (χ4v) is 1.67. The molecule has 1 rings (SSSR count). The van der Waals surface area contributed by atoms with Crippen LogP contribution in [0.3, 0.4) is 0 Å². The fourth-order valence-electron chi connectivity index (χ4n) is 1.67. The first-order valence-electron chi connectivity index (χ1n) is 5.15. The lowest BCUT2D eigenvalue weighted by molar-refractivity contribution is -0.111. The van der Waals surface area contributed by atoms with Crippen LogP contribution in [0.2, 0.25) is 0 Å². The van der Waals surface area contributed by atoms with Gasteiger partial charge in [-0.25, -0.2) is 4.79 Å². The molecule has 1 amide bonds. The minimum absolute atomic E-state index is 0.0121. The molecule has 1 fully saturated rings. The Morgan fingerprint density at radius 1 is 1.57 bits per heavy atom. The van der Waals surface area contributed by atoms with E-state index in [1.807, 2.05) is 0 Å². The highest BCUT2D eigenvalue weighted by molar-refractivity contribution is 5.68. The topological polar surface area (TPSA) is 46.6 Å². The van der Waals surface area contributed by atoms with Gasteiger partial charge in [-0.15, -0.1) is 0 Å². The van der Waals surface area contributed by atoms with E-state index in [4.69, 9.17) is 4.74 Å². The van der Waals surface area contributed by atoms with Crippen LogP contribution in [0.15, 0.2) is 0 Å². The van der Waals surface area contributed by atoms with Crippen LogP contribution in [0, 0.1) is 5.92 Å². The minimum atomic E-state index is -0.291. The monoisotopic (exact) mass is 199 g/mol. The molecule has 0 bridgehead atoms. The molecule has 1 aliphatic heterocycles. The molecule has 0 aromatic heterocycles. The summed E-state index contributed by atoms with van der Waals surface area (Å²) < 4.78 is 4.90. The first-order valence-corrected chi connectivity index (χ1v) is 5.15. The molecule has 4 heteroatoms. The van der Waals surface area contributed by atoms with Gasteiger partial charge in [-0.2, -0.15) is 0 Å². The summed E-state index contributed by atoms with van der Waals surface area (Å²) in [5.74, 6) is -0.0121. The van der Waals surface area contributed by atoms with Crippen LogP contribution in [0.1, 0.15) is 26.2 Å². The van der Waals surface area contributed by atoms with Crippen LogP contribution in [0.25, 0.3) is 0 Å². The predicted molar refractivity (Wildman–Crippen MR) is 52.0 cm³/mol. The zero-order chi connectivity index (χ0) is 10.4. The normalized spacial score (nSPS) is 22.6. The third-order valence-electron chi connectivity index (χ3n) is 2.43. The highest BCUT2D eigenvalue weighted by Crippen LogP contribution is 2.15. The number of aldehydes is 1. The van der Waals surface area contributed by atoms with Gasteiger partial charge >= 0.3 is 6.09 Å². The Bertz CT molecular complexity index is 206. The van der Waals surface area contributed by atoms with Crippen molar-refractivity contribution < 1.29 is 14.3 Å². The third-order valence-corrected chi connectivity index (χ3v) is 2.43. The van der Waals surface area contributed by atoms with Crippen molar-refractivity contribution in [3.63, 3.8) is 0 Å². The summed E-state index contributed by atoms with van der Waals surface area (Å²) in [7, 11) is 0. The van der Waals surface area contributed by atoms with Gasteiger partial charge in [-0.3, -0.25) is 0 Å². The van der Waals surface area contributed by atoms with Crippen molar-refractivity contribution in [3.8, 4) is 0 Å². The number of carbonyl (C=O) groups is 2. The molecule has 1 heterocycles. The summed E-state index contributed by atoms with van der Waals surface area (Å²) in [4.78, 5) is 23.7. The minimum Gasteiger partial charge on any atom is -0.450 e. The van der Waals surface area contributed by atoms with Crippen LogP contribution >= 0.6 is 0 Å². The fraction of sp³-hybridized carbons (Fsp3) is 0.800. The first-order chi connectivity index (χ1) is 6.77. The van der Waals surface area contributed by atoms with Crippen LogP contribution in [0.4, 0.5) is 4.79 Å². The molecule has 1 unspecified atom stereocenters. The quantitative estimate of drug-likeness (QED) is 0.632. The van der Waals surface area contributed by atoms with Crippen molar-refractivity contribution in [1.29, 1.82) is 0 Å². The van der Waals surface area contributed by atoms with Gasteiger partial charge in [0.15, 0.2) is 0 Å². The molecule has 0 aromatic rings. The Balaban J connectivity index is 2.49. The van der Waals surface area contributed by atoms with E-state index in [1.54, 1.807) is 11.8 Å². The van der Waals surface area contributed by atoms with Crippen LogP contribution in [0.5, 0.6) is 0 Å². The van der Waals surface area contributed by atoms with E-state index in [-0.39, 0.29) is 12.0 Å². The Kier molecular flexibility index (Phi) is 4.43. The molecule has 0 spiro atoms. The van der Waals surface area contributed by atoms with Crippen molar-refractivity contribution in [3.05, 3.63) is 0 Å². The Morgan fingerprint density at radius 3 is 3.00 bits per heavy atom. The van der Waals surface area contributed by atoms with Gasteiger partial charge in [0.25, 0.3) is 0 Å². The number of rotatable bonds is 2. The number of likely N-dealkylation sites (tertiary alicyclic amines) is 1. The van der Waals surface area contributed by atoms with Crippen molar-refractivity contribution >= 4 is 12.4 Å². The van der Waals surface area contributed by atoms with E-state index in [9.17, 15) is 9.59 Å². The Labute approximate surface area is 84.2 Å². The second kappa shape index (κ2) is 5.62. The zero-order valence-electron chi connectivity index (χ0n) is 8.57. The third kappa shape index (κ3) is 3.01. The lowest BCUT2D eigenvalue weighted by Crippen LogP contribution is -2.35. The summed E-state index contributed by atoms with van der Waals surface area (Å²) in [6.07, 6.45) is 3.51. The molecule has 4 nitrogen and oxygen atoms in total. The summed E-state index contributed by atoms with van der Waals surface area (Å²) in [5, 5.41) is 0. The summed E-state index contributed by atoms with van der Waals surface area (Å²) >= 11 is 0. The molecular formula is C10H17NO3. The molecule has 14 heavy (non-hydrogen) atoms. The lowest BCUT2D eigenvalue weighted by Gasteiger charge is -2.20. The van der Waals surface area contributed by atoms with E-state index in [2.05, 4.69) is 0 Å². The second-order valence-electron chi connectivity index (χ2n) is 3.54. The number of carbonyl (C=O) groups excluding carboxylic acids is 2. The smallest absolute Gasteiger partial charge is 0.409 e. The lowest BCUT2D eigenvalue weighted by atomic mass is 10.1. The van der Waals surface area contributed by atoms with Gasteiger partial charge < -0.3 is 14.4 Å². The zero-order valence-corrected chi connectivity index (χ0v) is 8.57. The van der Waals surface area contributed by atoms with Gasteiger partial charge in [-0.05, 0) is 19.8 Å². The van der Waals surface area contributed by atoms with E-state index in [0.717, 1.165) is 25.5 Å². The highest BCUT2D eigenvalue weighted by atomic mass is 16.6. The van der Waals surface area contributed by atoms with Crippen LogP contribution in [-0.2, 0) is 9.53 Å². The van der Waals surface area contributed by atoms with E-state index < -0.39 is 0 Å². The standard InChI is InChI=1S/C10H17NO3/c1-2-14-10(13)11-6-4-3-5-9(7-11)8-12/h8-9H,2-7H2,1H3. The molecular weight excluding hydrogens is 182 g/mol. The van der Waals surface area contributed by atoms with Crippen molar-refractivity contribution in [1.82, 2.24) is 4.90 Å². The summed E-state index contributed by atoms with van der Waals surface area (Å²) in [5.41, 5.74) is 0. The average Bonchev–Trinajstić information content (AvgIpc) is 2.43. The van der Waals surface area contributed by atoms with Gasteiger partial charge in [0.05, 0.1) is 6.61 Å². The molecule has 1 aliphatic rings. The number of ether oxygens (including phenoxy) is 1. The molecule has 0 aromatic carbocycles. The summed E-state index contributed by atoms with van der Waals surface area (Å²) in [6, 6.07) is 0. The van der Waals surface area contributed by atoms with Gasteiger partial charge in [0.2, 0.25) is 0 Å². The van der Waals surface area contributed by atoms with Gasteiger partial charge in [0.1, 0.15) is 6.29 Å². The van der Waals surface area contributed by atoms with E-state index in [1.165, 1.54) is 0 Å². The molecule has 0 radical (unpaired) electrons. The molecule has 0 saturated carbocycles. The van der Waals surface area contributed by atoms with Crippen molar-refractivity contribution in [2.24, 2.45) is 5.92 Å². The molecule has 1 atom stereocenters. The number of amides is 1. The van der Waals surface area contributed by atoms with Crippen molar-refractivity contribution in [2.45, 2.75) is 26.2 Å². The van der Waals surface area contributed by atoms with Crippen LogP contribution in [-0.4, -0.2) is 37.0 Å². The molecule has 0 aliphatic carbocycles. The Hall–Kier alpha value is -1.06. The maximum Gasteiger partial charge on any atom is 0.409 e. The maximum absolute atomic E-state index is 11.4. The molecule has 1 saturated heterocycles. The number of hydrogen-bond donors (Lipinski definition) is 0. The number of hydrogen-bond acceptors (Lipinski definition) is 3. The highest BCUT2D eigenvalue weighted by Gasteiger charge is 2.21. The second-order valence-corrected chi connectivity index (χ2v) is 3.54. The Morgan fingerprint density at radius 2 is 2.36 bits per heavy atom. The SMILES string of the molecule is CCOC(=O)N1CCCCC(C=O)C1. The van der Waals surface area contributed by atoms with Gasteiger partial charge in [0, 0.05) is 19.0 Å². The largest absolute Gasteiger partial charge is 0.450 e. The van der Waals surface area contributed by atoms with E-state index in [0.29, 0.717) is 19.7 Å². The summed E-state index contributed by atoms with van der Waals surface area (Å²) in [6.45, 7) is 3.40. The predicted octanol–water partition coefficient (Wildman–Crippen LogP) is 1.44. The van der Waals surface area contributed by atoms with Crippen LogP contribution < -0.4 is 0 Å². The average molecular weight is 199 g/mol. The van der Waals surface area contributed by atoms with E-state index >= 15 is 0 Å². The first kappa shape index (κ1) is 11.0. The number of nitrogens with zero attached hydrogens (tertiary/aromatic N) is 1. The molecule has 0 N–H and O–H groups in total.